The van der Waals surface area contributed by atoms with Crippen molar-refractivity contribution in [3.63, 3.8) is 0 Å². The van der Waals surface area contributed by atoms with Crippen LogP contribution in [0.2, 0.25) is 0 Å². The zero-order valence-corrected chi connectivity index (χ0v) is 8.90. The van der Waals surface area contributed by atoms with Gasteiger partial charge in [0.2, 0.25) is 0 Å². The largest absolute Gasteiger partial charge is 0.324 e. The van der Waals surface area contributed by atoms with Gasteiger partial charge in [-0.3, -0.25) is 0 Å². The maximum absolute atomic E-state index is 5.55. The minimum Gasteiger partial charge on any atom is -0.324 e. The van der Waals surface area contributed by atoms with Crippen LogP contribution < -0.4 is 5.73 Å². The number of rotatable bonds is 2. The first-order chi connectivity index (χ1) is 7.29. The van der Waals surface area contributed by atoms with Gasteiger partial charge in [-0.15, -0.1) is 0 Å². The van der Waals surface area contributed by atoms with E-state index in [9.17, 15) is 0 Å². The van der Waals surface area contributed by atoms with E-state index >= 15 is 0 Å². The van der Waals surface area contributed by atoms with Crippen molar-refractivity contribution in [3.8, 4) is 0 Å². The fourth-order valence-corrected chi connectivity index (χ4v) is 1.67. The second kappa shape index (κ2) is 4.36. The first-order valence-corrected chi connectivity index (χ1v) is 5.21. The highest BCUT2D eigenvalue weighted by molar-refractivity contribution is 5.72. The molecule has 15 heavy (non-hydrogen) atoms. The molecule has 0 aromatic carbocycles. The zero-order valence-electron chi connectivity index (χ0n) is 8.90. The molecule has 2 rings (SSSR count). The normalized spacial score (nSPS) is 15.2. The molecule has 0 atom stereocenters. The van der Waals surface area contributed by atoms with Crippen molar-refractivity contribution in [1.82, 2.24) is 9.97 Å². The van der Waals surface area contributed by atoms with Crippen molar-refractivity contribution >= 4 is 5.57 Å². The van der Waals surface area contributed by atoms with Crippen molar-refractivity contribution in [2.75, 3.05) is 0 Å². The Morgan fingerprint density at radius 3 is 2.87 bits per heavy atom. The van der Waals surface area contributed by atoms with E-state index in [0.717, 1.165) is 24.2 Å². The summed E-state index contributed by atoms with van der Waals surface area (Å²) < 4.78 is 0. The lowest BCUT2D eigenvalue weighted by Gasteiger charge is -2.08. The molecule has 1 aromatic heterocycles. The van der Waals surface area contributed by atoms with E-state index < -0.39 is 0 Å². The smallest absolute Gasteiger partial charge is 0.142 e. The molecule has 3 heteroatoms. The zero-order chi connectivity index (χ0) is 10.7. The SMILES string of the molecule is Cc1cc(C2=CCCC=C2)nc(CN)n1. The number of hydrogen-bond donors (Lipinski definition) is 1. The first kappa shape index (κ1) is 10.1. The minimum absolute atomic E-state index is 0.395. The number of nitrogens with two attached hydrogens (primary N) is 1. The average molecular weight is 201 g/mol. The summed E-state index contributed by atoms with van der Waals surface area (Å²) in [4.78, 5) is 8.68. The van der Waals surface area contributed by atoms with Crippen molar-refractivity contribution in [2.24, 2.45) is 5.73 Å². The molecule has 0 saturated carbocycles. The van der Waals surface area contributed by atoms with E-state index in [1.807, 2.05) is 13.0 Å². The highest BCUT2D eigenvalue weighted by atomic mass is 14.9. The highest BCUT2D eigenvalue weighted by Gasteiger charge is 2.05. The molecule has 2 N–H and O–H groups in total. The van der Waals surface area contributed by atoms with Crippen LogP contribution in [0, 0.1) is 6.92 Å². The van der Waals surface area contributed by atoms with Crippen LogP contribution in [-0.4, -0.2) is 9.97 Å². The first-order valence-electron chi connectivity index (χ1n) is 5.21. The Labute approximate surface area is 89.7 Å². The van der Waals surface area contributed by atoms with Crippen LogP contribution in [0.5, 0.6) is 0 Å². The third-order valence-electron chi connectivity index (χ3n) is 2.37. The summed E-state index contributed by atoms with van der Waals surface area (Å²) in [6.07, 6.45) is 8.71. The van der Waals surface area contributed by atoms with Gasteiger partial charge in [-0.05, 0) is 31.4 Å². The number of allylic oxidation sites excluding steroid dienone is 4. The van der Waals surface area contributed by atoms with Gasteiger partial charge in [0, 0.05) is 5.69 Å². The van der Waals surface area contributed by atoms with Gasteiger partial charge >= 0.3 is 0 Å². The van der Waals surface area contributed by atoms with Gasteiger partial charge < -0.3 is 5.73 Å². The minimum atomic E-state index is 0.395. The standard InChI is InChI=1S/C12H15N3/c1-9-7-11(15-12(8-13)14-9)10-5-3-2-4-6-10/h3,5-7H,2,4,8,13H2,1H3. The lowest BCUT2D eigenvalue weighted by Crippen LogP contribution is -2.06. The summed E-state index contributed by atoms with van der Waals surface area (Å²) >= 11 is 0. The van der Waals surface area contributed by atoms with Crippen LogP contribution in [0.15, 0.2) is 24.3 Å². The molecule has 0 radical (unpaired) electrons. The lowest BCUT2D eigenvalue weighted by atomic mass is 10.0. The average Bonchev–Trinajstić information content (AvgIpc) is 2.29. The number of hydrogen-bond acceptors (Lipinski definition) is 3. The highest BCUT2D eigenvalue weighted by Crippen LogP contribution is 2.19. The molecule has 1 aromatic rings. The quantitative estimate of drug-likeness (QED) is 0.796. The van der Waals surface area contributed by atoms with E-state index in [0.29, 0.717) is 12.4 Å². The fraction of sp³-hybridized carbons (Fsp3) is 0.333. The lowest BCUT2D eigenvalue weighted by molar-refractivity contribution is 0.883. The van der Waals surface area contributed by atoms with Crippen molar-refractivity contribution in [1.29, 1.82) is 0 Å². The Hall–Kier alpha value is -1.48. The summed E-state index contributed by atoms with van der Waals surface area (Å²) in [5, 5.41) is 0. The molecule has 3 nitrogen and oxygen atoms in total. The molecule has 0 unspecified atom stereocenters. The van der Waals surface area contributed by atoms with Gasteiger partial charge in [0.05, 0.1) is 12.2 Å². The van der Waals surface area contributed by atoms with Crippen LogP contribution in [0.25, 0.3) is 5.57 Å². The van der Waals surface area contributed by atoms with Gasteiger partial charge in [0.25, 0.3) is 0 Å². The summed E-state index contributed by atoms with van der Waals surface area (Å²) in [6.45, 7) is 2.36. The van der Waals surface area contributed by atoms with E-state index in [1.165, 1.54) is 5.57 Å². The van der Waals surface area contributed by atoms with E-state index in [4.69, 9.17) is 5.73 Å². The molecule has 1 aliphatic rings. The predicted molar refractivity (Wildman–Crippen MR) is 61.0 cm³/mol. The molecule has 0 amide bonds. The van der Waals surface area contributed by atoms with Crippen LogP contribution in [0.4, 0.5) is 0 Å². The van der Waals surface area contributed by atoms with Crippen LogP contribution in [0.1, 0.15) is 30.1 Å². The Kier molecular flexibility index (Phi) is 2.92. The van der Waals surface area contributed by atoms with E-state index in [2.05, 4.69) is 28.2 Å². The van der Waals surface area contributed by atoms with E-state index in [-0.39, 0.29) is 0 Å². The van der Waals surface area contributed by atoms with Crippen molar-refractivity contribution in [2.45, 2.75) is 26.3 Å². The molecule has 0 fully saturated rings. The Morgan fingerprint density at radius 2 is 2.20 bits per heavy atom. The maximum atomic E-state index is 5.55. The van der Waals surface area contributed by atoms with Crippen LogP contribution in [-0.2, 0) is 6.54 Å². The molecule has 78 valence electrons. The van der Waals surface area contributed by atoms with Gasteiger partial charge in [-0.2, -0.15) is 0 Å². The van der Waals surface area contributed by atoms with E-state index in [1.54, 1.807) is 0 Å². The van der Waals surface area contributed by atoms with Crippen molar-refractivity contribution in [3.05, 3.63) is 41.5 Å². The number of aromatic nitrogens is 2. The molecule has 1 aliphatic carbocycles. The number of aryl methyl sites for hydroxylation is 1. The Morgan fingerprint density at radius 1 is 1.33 bits per heavy atom. The summed E-state index contributed by atoms with van der Waals surface area (Å²) in [5.41, 5.74) is 8.69. The van der Waals surface area contributed by atoms with Gasteiger partial charge in [0.15, 0.2) is 0 Å². The third-order valence-corrected chi connectivity index (χ3v) is 2.37. The fourth-order valence-electron chi connectivity index (χ4n) is 1.67. The van der Waals surface area contributed by atoms with Crippen LogP contribution >= 0.6 is 0 Å². The second-order valence-electron chi connectivity index (χ2n) is 3.65. The molecule has 0 spiro atoms. The third kappa shape index (κ3) is 2.30. The topological polar surface area (TPSA) is 51.8 Å². The number of nitrogens with zero attached hydrogens (tertiary/aromatic N) is 2. The molecule has 1 heterocycles. The molecular formula is C12H15N3. The predicted octanol–water partition coefficient (Wildman–Crippen LogP) is 1.98. The van der Waals surface area contributed by atoms with Gasteiger partial charge in [-0.25, -0.2) is 9.97 Å². The monoisotopic (exact) mass is 201 g/mol. The van der Waals surface area contributed by atoms with Gasteiger partial charge in [-0.1, -0.05) is 18.2 Å². The molecular weight excluding hydrogens is 186 g/mol. The van der Waals surface area contributed by atoms with Crippen molar-refractivity contribution < 1.29 is 0 Å². The molecule has 0 bridgehead atoms. The maximum Gasteiger partial charge on any atom is 0.142 e. The molecule has 0 aliphatic heterocycles. The van der Waals surface area contributed by atoms with Crippen LogP contribution in [0.3, 0.4) is 0 Å². The summed E-state index contributed by atoms with van der Waals surface area (Å²) in [5.74, 6) is 0.713. The second-order valence-corrected chi connectivity index (χ2v) is 3.65. The van der Waals surface area contributed by atoms with Gasteiger partial charge in [0.1, 0.15) is 5.82 Å². The Bertz CT molecular complexity index is 419. The molecule has 0 saturated heterocycles. The Balaban J connectivity index is 2.39. The summed E-state index contributed by atoms with van der Waals surface area (Å²) in [7, 11) is 0. The summed E-state index contributed by atoms with van der Waals surface area (Å²) in [6, 6.07) is 2.00.